The van der Waals surface area contributed by atoms with Crippen molar-refractivity contribution in [3.8, 4) is 0 Å². The molecule has 3 rings (SSSR count). The molecule has 1 aromatic heterocycles. The van der Waals surface area contributed by atoms with Crippen LogP contribution in [-0.2, 0) is 16.1 Å². The van der Waals surface area contributed by atoms with Crippen molar-refractivity contribution in [3.05, 3.63) is 30.3 Å². The molecule has 1 N–H and O–H groups in total. The second kappa shape index (κ2) is 7.47. The van der Waals surface area contributed by atoms with E-state index in [-0.39, 0.29) is 5.91 Å². The largest absolute Gasteiger partial charge is 0.383 e. The number of carbonyl (C=O) groups is 1. The van der Waals surface area contributed by atoms with Crippen LogP contribution in [0.2, 0.25) is 0 Å². The van der Waals surface area contributed by atoms with E-state index in [1.807, 2.05) is 18.2 Å². The number of benzene rings is 1. The third kappa shape index (κ3) is 3.65. The minimum atomic E-state index is -0.0256. The number of nitrogens with one attached hydrogen (secondary N) is 1. The predicted molar refractivity (Wildman–Crippen MR) is 89.1 cm³/mol. The number of fused-ring (bicyclic) bond motifs is 1. The number of rotatable bonds is 7. The fourth-order valence-corrected chi connectivity index (χ4v) is 3.20. The lowest BCUT2D eigenvalue weighted by molar-refractivity contribution is -0.118. The summed E-state index contributed by atoms with van der Waals surface area (Å²) in [6, 6.07) is 10.1. The number of nitrogens with zero attached hydrogens (tertiary/aromatic N) is 4. The average Bonchev–Trinajstić information content (AvgIpc) is 3.16. The number of aromatic nitrogens is 3. The van der Waals surface area contributed by atoms with Gasteiger partial charge in [0.05, 0.1) is 12.4 Å². The fraction of sp³-hybridized carbons (Fsp3) is 0.400. The zero-order valence-corrected chi connectivity index (χ0v) is 13.8. The SMILES string of the molecule is COCCNC(=O)CSc1nnc2n1CCN2c1ccccc1. The molecule has 0 spiro atoms. The van der Waals surface area contributed by atoms with Crippen LogP contribution >= 0.6 is 11.8 Å². The highest BCUT2D eigenvalue weighted by molar-refractivity contribution is 7.99. The number of methoxy groups -OCH3 is 1. The summed E-state index contributed by atoms with van der Waals surface area (Å²) in [4.78, 5) is 13.9. The first kappa shape index (κ1) is 15.8. The summed E-state index contributed by atoms with van der Waals surface area (Å²) < 4.78 is 6.96. The Morgan fingerprint density at radius 1 is 1.30 bits per heavy atom. The number of carbonyl (C=O) groups excluding carboxylic acids is 1. The number of ether oxygens (including phenoxy) is 1. The molecule has 0 saturated carbocycles. The van der Waals surface area contributed by atoms with Gasteiger partial charge in [-0.25, -0.2) is 0 Å². The first-order chi connectivity index (χ1) is 11.3. The van der Waals surface area contributed by atoms with Gasteiger partial charge < -0.3 is 15.0 Å². The summed E-state index contributed by atoms with van der Waals surface area (Å²) in [6.45, 7) is 2.73. The van der Waals surface area contributed by atoms with E-state index in [1.165, 1.54) is 11.8 Å². The first-order valence-electron chi connectivity index (χ1n) is 7.44. The van der Waals surface area contributed by atoms with Crippen LogP contribution in [-0.4, -0.2) is 53.2 Å². The monoisotopic (exact) mass is 333 g/mol. The van der Waals surface area contributed by atoms with Crippen LogP contribution in [0.4, 0.5) is 11.6 Å². The number of anilines is 2. The number of thioether (sulfide) groups is 1. The summed E-state index contributed by atoms with van der Waals surface area (Å²) >= 11 is 1.41. The molecule has 0 aliphatic carbocycles. The molecule has 0 unspecified atom stereocenters. The third-order valence-corrected chi connectivity index (χ3v) is 4.48. The molecule has 0 radical (unpaired) electrons. The van der Waals surface area contributed by atoms with Crippen molar-refractivity contribution < 1.29 is 9.53 Å². The second-order valence-corrected chi connectivity index (χ2v) is 6.00. The molecule has 122 valence electrons. The van der Waals surface area contributed by atoms with E-state index in [0.717, 1.165) is 29.9 Å². The zero-order valence-electron chi connectivity index (χ0n) is 12.9. The molecule has 0 bridgehead atoms. The van der Waals surface area contributed by atoms with Crippen LogP contribution in [0, 0.1) is 0 Å². The van der Waals surface area contributed by atoms with Crippen molar-refractivity contribution >= 4 is 29.3 Å². The molecule has 1 aromatic carbocycles. The summed E-state index contributed by atoms with van der Waals surface area (Å²) in [6.07, 6.45) is 0. The van der Waals surface area contributed by atoms with E-state index >= 15 is 0 Å². The lowest BCUT2D eigenvalue weighted by atomic mass is 10.3. The quantitative estimate of drug-likeness (QED) is 0.608. The Morgan fingerprint density at radius 3 is 2.91 bits per heavy atom. The van der Waals surface area contributed by atoms with Gasteiger partial charge in [0.2, 0.25) is 11.9 Å². The number of para-hydroxylation sites is 1. The molecule has 0 fully saturated rings. The molecule has 2 aromatic rings. The molecule has 0 saturated heterocycles. The molecule has 1 amide bonds. The molecular weight excluding hydrogens is 314 g/mol. The maximum absolute atomic E-state index is 11.7. The number of amides is 1. The molecule has 7 nitrogen and oxygen atoms in total. The summed E-state index contributed by atoms with van der Waals surface area (Å²) in [5, 5.41) is 12.1. The molecular formula is C15H19N5O2S. The van der Waals surface area contributed by atoms with Crippen LogP contribution < -0.4 is 10.2 Å². The van der Waals surface area contributed by atoms with Crippen LogP contribution in [0.1, 0.15) is 0 Å². The Morgan fingerprint density at radius 2 is 2.13 bits per heavy atom. The minimum absolute atomic E-state index is 0.0256. The Bertz CT molecular complexity index is 661. The van der Waals surface area contributed by atoms with Crippen molar-refractivity contribution in [2.45, 2.75) is 11.7 Å². The van der Waals surface area contributed by atoms with E-state index < -0.39 is 0 Å². The van der Waals surface area contributed by atoms with Crippen molar-refractivity contribution in [1.82, 2.24) is 20.1 Å². The van der Waals surface area contributed by atoms with Crippen LogP contribution in [0.25, 0.3) is 0 Å². The normalized spacial score (nSPS) is 13.2. The molecule has 23 heavy (non-hydrogen) atoms. The van der Waals surface area contributed by atoms with Gasteiger partial charge in [0, 0.05) is 32.4 Å². The Kier molecular flexibility index (Phi) is 5.14. The minimum Gasteiger partial charge on any atom is -0.383 e. The van der Waals surface area contributed by atoms with Gasteiger partial charge in [-0.15, -0.1) is 10.2 Å². The van der Waals surface area contributed by atoms with Crippen molar-refractivity contribution in [1.29, 1.82) is 0 Å². The Labute approximate surface area is 139 Å². The topological polar surface area (TPSA) is 72.3 Å². The van der Waals surface area contributed by atoms with Gasteiger partial charge in [-0.1, -0.05) is 30.0 Å². The number of hydrogen-bond donors (Lipinski definition) is 1. The smallest absolute Gasteiger partial charge is 0.232 e. The Balaban J connectivity index is 1.61. The van der Waals surface area contributed by atoms with Crippen molar-refractivity contribution in [2.24, 2.45) is 0 Å². The van der Waals surface area contributed by atoms with Crippen molar-refractivity contribution in [2.75, 3.05) is 37.5 Å². The van der Waals surface area contributed by atoms with Gasteiger partial charge in [-0.2, -0.15) is 0 Å². The van der Waals surface area contributed by atoms with Gasteiger partial charge in [-0.05, 0) is 12.1 Å². The van der Waals surface area contributed by atoms with E-state index in [2.05, 4.69) is 37.1 Å². The molecule has 0 atom stereocenters. The number of hydrogen-bond acceptors (Lipinski definition) is 6. The molecule has 2 heterocycles. The fourth-order valence-electron chi connectivity index (χ4n) is 2.41. The van der Waals surface area contributed by atoms with E-state index in [4.69, 9.17) is 4.74 Å². The van der Waals surface area contributed by atoms with E-state index in [1.54, 1.807) is 7.11 Å². The van der Waals surface area contributed by atoms with Crippen LogP contribution in [0.3, 0.4) is 0 Å². The van der Waals surface area contributed by atoms with Gasteiger partial charge in [0.25, 0.3) is 0 Å². The summed E-state index contributed by atoms with van der Waals surface area (Å²) in [5.41, 5.74) is 1.10. The van der Waals surface area contributed by atoms with Gasteiger partial charge in [0.15, 0.2) is 5.16 Å². The van der Waals surface area contributed by atoms with Crippen LogP contribution in [0.5, 0.6) is 0 Å². The second-order valence-electron chi connectivity index (χ2n) is 5.05. The van der Waals surface area contributed by atoms with Crippen molar-refractivity contribution in [3.63, 3.8) is 0 Å². The predicted octanol–water partition coefficient (Wildman–Crippen LogP) is 1.28. The highest BCUT2D eigenvalue weighted by atomic mass is 32.2. The van der Waals surface area contributed by atoms with Gasteiger partial charge in [-0.3, -0.25) is 9.36 Å². The highest BCUT2D eigenvalue weighted by Gasteiger charge is 2.26. The highest BCUT2D eigenvalue weighted by Crippen LogP contribution is 2.31. The summed E-state index contributed by atoms with van der Waals surface area (Å²) in [7, 11) is 1.61. The first-order valence-corrected chi connectivity index (χ1v) is 8.42. The third-order valence-electron chi connectivity index (χ3n) is 3.51. The van der Waals surface area contributed by atoms with Gasteiger partial charge in [0.1, 0.15) is 0 Å². The van der Waals surface area contributed by atoms with Gasteiger partial charge >= 0.3 is 0 Å². The molecule has 8 heteroatoms. The maximum atomic E-state index is 11.7. The Hall–Kier alpha value is -2.06. The van der Waals surface area contributed by atoms with Crippen LogP contribution in [0.15, 0.2) is 35.5 Å². The maximum Gasteiger partial charge on any atom is 0.232 e. The molecule has 1 aliphatic rings. The molecule has 1 aliphatic heterocycles. The van der Waals surface area contributed by atoms with E-state index in [9.17, 15) is 4.79 Å². The summed E-state index contributed by atoms with van der Waals surface area (Å²) in [5.74, 6) is 1.13. The average molecular weight is 333 g/mol. The van der Waals surface area contributed by atoms with E-state index in [0.29, 0.717) is 18.9 Å². The lowest BCUT2D eigenvalue weighted by Crippen LogP contribution is -2.28. The standard InChI is InChI=1S/C15H19N5O2S/c1-22-10-7-16-13(21)11-23-15-18-17-14-19(8-9-20(14)15)12-5-3-2-4-6-12/h2-6H,7-11H2,1H3,(H,16,21). The zero-order chi connectivity index (χ0) is 16.1. The lowest BCUT2D eigenvalue weighted by Gasteiger charge is -2.14.